The standard InChI is InChI=1S/C21H44O4S.Na/c1-2-3-4-5-6-9-12-15-18-21(22)19-16-13-10-7-8-11-14-17-20-26(23,24)25;/h21-22H,2-20H2,1H3,(H,23,24,25);/q;+1/p-1. The van der Waals surface area contributed by atoms with Crippen LogP contribution >= 0.6 is 0 Å². The fraction of sp³-hybridized carbons (Fsp3) is 1.00. The van der Waals surface area contributed by atoms with Gasteiger partial charge in [-0.05, 0) is 19.3 Å². The molecule has 0 rings (SSSR count). The van der Waals surface area contributed by atoms with E-state index in [4.69, 9.17) is 0 Å². The molecule has 0 aromatic carbocycles. The summed E-state index contributed by atoms with van der Waals surface area (Å²) in [6, 6.07) is 0. The van der Waals surface area contributed by atoms with E-state index in [9.17, 15) is 18.1 Å². The molecular weight excluding hydrogens is 371 g/mol. The molecule has 0 spiro atoms. The summed E-state index contributed by atoms with van der Waals surface area (Å²) in [6.07, 6.45) is 20.3. The maximum Gasteiger partial charge on any atom is 1.00 e. The Labute approximate surface area is 191 Å². The molecule has 0 aromatic heterocycles. The monoisotopic (exact) mass is 414 g/mol. The van der Waals surface area contributed by atoms with Gasteiger partial charge in [0, 0.05) is 5.75 Å². The summed E-state index contributed by atoms with van der Waals surface area (Å²) in [5.41, 5.74) is 0. The Morgan fingerprint density at radius 3 is 1.37 bits per heavy atom. The van der Waals surface area contributed by atoms with Gasteiger partial charge in [0.25, 0.3) is 0 Å². The van der Waals surface area contributed by atoms with Crippen LogP contribution in [0.4, 0.5) is 0 Å². The zero-order valence-electron chi connectivity index (χ0n) is 18.1. The van der Waals surface area contributed by atoms with Gasteiger partial charge >= 0.3 is 29.6 Å². The van der Waals surface area contributed by atoms with Crippen LogP contribution in [0.5, 0.6) is 0 Å². The van der Waals surface area contributed by atoms with E-state index in [0.717, 1.165) is 51.4 Å². The predicted molar refractivity (Wildman–Crippen MR) is 109 cm³/mol. The summed E-state index contributed by atoms with van der Waals surface area (Å²) in [4.78, 5) is 0. The van der Waals surface area contributed by atoms with E-state index in [1.165, 1.54) is 57.8 Å². The van der Waals surface area contributed by atoms with Crippen molar-refractivity contribution in [3.05, 3.63) is 0 Å². The van der Waals surface area contributed by atoms with Crippen molar-refractivity contribution in [3.63, 3.8) is 0 Å². The van der Waals surface area contributed by atoms with Gasteiger partial charge in [-0.1, -0.05) is 103 Å². The molecule has 0 aliphatic carbocycles. The van der Waals surface area contributed by atoms with Crippen LogP contribution in [0.15, 0.2) is 0 Å². The zero-order chi connectivity index (χ0) is 19.5. The van der Waals surface area contributed by atoms with Crippen LogP contribution in [-0.2, 0) is 10.1 Å². The number of unbranched alkanes of at least 4 members (excludes halogenated alkanes) is 14. The van der Waals surface area contributed by atoms with Crippen molar-refractivity contribution in [2.75, 3.05) is 5.75 Å². The molecule has 0 fully saturated rings. The Morgan fingerprint density at radius 1 is 0.667 bits per heavy atom. The van der Waals surface area contributed by atoms with Crippen molar-refractivity contribution < 1.29 is 47.6 Å². The minimum Gasteiger partial charge on any atom is -0.748 e. The molecule has 0 saturated heterocycles. The molecule has 0 radical (unpaired) electrons. The topological polar surface area (TPSA) is 77.4 Å². The first kappa shape index (κ1) is 30.1. The molecule has 0 bridgehead atoms. The molecule has 1 atom stereocenters. The molecule has 27 heavy (non-hydrogen) atoms. The first-order valence-electron chi connectivity index (χ1n) is 11.1. The van der Waals surface area contributed by atoms with Gasteiger partial charge in [-0.2, -0.15) is 0 Å². The Kier molecular flexibility index (Phi) is 24.0. The van der Waals surface area contributed by atoms with E-state index in [2.05, 4.69) is 6.92 Å². The molecule has 1 N–H and O–H groups in total. The summed E-state index contributed by atoms with van der Waals surface area (Å²) in [5, 5.41) is 10.0. The van der Waals surface area contributed by atoms with Gasteiger partial charge in [-0.15, -0.1) is 0 Å². The average molecular weight is 415 g/mol. The molecule has 0 heterocycles. The van der Waals surface area contributed by atoms with Crippen molar-refractivity contribution in [3.8, 4) is 0 Å². The number of aliphatic hydroxyl groups is 1. The van der Waals surface area contributed by atoms with Crippen LogP contribution in [0.1, 0.15) is 122 Å². The third-order valence-electron chi connectivity index (χ3n) is 5.07. The normalized spacial score (nSPS) is 12.7. The molecule has 4 nitrogen and oxygen atoms in total. The summed E-state index contributed by atoms with van der Waals surface area (Å²) in [7, 11) is -4.03. The molecule has 1 unspecified atom stereocenters. The molecule has 158 valence electrons. The number of hydrogen-bond donors (Lipinski definition) is 1. The molecular formula is C21H43NaO4S. The minimum absolute atomic E-state index is 0. The maximum atomic E-state index is 10.5. The van der Waals surface area contributed by atoms with Crippen LogP contribution in [0.3, 0.4) is 0 Å². The van der Waals surface area contributed by atoms with Crippen LogP contribution in [0.2, 0.25) is 0 Å². The second-order valence-corrected chi connectivity index (χ2v) is 9.32. The fourth-order valence-corrected chi connectivity index (χ4v) is 3.94. The molecule has 0 saturated carbocycles. The fourth-order valence-electron chi connectivity index (χ4n) is 3.38. The number of hydrogen-bond acceptors (Lipinski definition) is 4. The summed E-state index contributed by atoms with van der Waals surface area (Å²) >= 11 is 0. The molecule has 0 aliphatic heterocycles. The maximum absolute atomic E-state index is 10.5. The van der Waals surface area contributed by atoms with E-state index in [-0.39, 0.29) is 41.4 Å². The van der Waals surface area contributed by atoms with Crippen LogP contribution in [0.25, 0.3) is 0 Å². The Balaban J connectivity index is 0. The third-order valence-corrected chi connectivity index (χ3v) is 5.86. The second kappa shape index (κ2) is 21.6. The van der Waals surface area contributed by atoms with Crippen molar-refractivity contribution in [1.29, 1.82) is 0 Å². The quantitative estimate of drug-likeness (QED) is 0.189. The SMILES string of the molecule is CCCCCCCCCCC(O)CCCCCCCCCCS(=O)(=O)[O-].[Na+]. The van der Waals surface area contributed by atoms with Gasteiger partial charge < -0.3 is 9.66 Å². The van der Waals surface area contributed by atoms with Crippen molar-refractivity contribution in [1.82, 2.24) is 0 Å². The smallest absolute Gasteiger partial charge is 0.748 e. The summed E-state index contributed by atoms with van der Waals surface area (Å²) < 4.78 is 31.4. The van der Waals surface area contributed by atoms with Gasteiger partial charge in [0.15, 0.2) is 0 Å². The van der Waals surface area contributed by atoms with Crippen molar-refractivity contribution in [2.24, 2.45) is 0 Å². The number of aliphatic hydroxyl groups excluding tert-OH is 1. The average Bonchev–Trinajstić information content (AvgIpc) is 2.58. The van der Waals surface area contributed by atoms with Crippen molar-refractivity contribution >= 4 is 10.1 Å². The van der Waals surface area contributed by atoms with Gasteiger partial charge in [0.05, 0.1) is 16.2 Å². The Hall–Kier alpha value is 0.870. The van der Waals surface area contributed by atoms with E-state index in [1.807, 2.05) is 0 Å². The zero-order valence-corrected chi connectivity index (χ0v) is 20.9. The largest absolute Gasteiger partial charge is 1.00 e. The van der Waals surface area contributed by atoms with Gasteiger partial charge in [-0.25, -0.2) is 8.42 Å². The van der Waals surface area contributed by atoms with E-state index in [1.54, 1.807) is 0 Å². The molecule has 0 amide bonds. The van der Waals surface area contributed by atoms with Gasteiger partial charge in [0.1, 0.15) is 0 Å². The van der Waals surface area contributed by atoms with E-state index in [0.29, 0.717) is 6.42 Å². The first-order chi connectivity index (χ1) is 12.5. The second-order valence-electron chi connectivity index (χ2n) is 7.80. The molecule has 0 aliphatic rings. The van der Waals surface area contributed by atoms with Crippen LogP contribution < -0.4 is 29.6 Å². The van der Waals surface area contributed by atoms with Crippen LogP contribution in [0, 0.1) is 0 Å². The molecule has 0 aromatic rings. The summed E-state index contributed by atoms with van der Waals surface area (Å²) in [6.45, 7) is 2.25. The Bertz CT molecular complexity index is 388. The minimum atomic E-state index is -4.03. The van der Waals surface area contributed by atoms with Crippen LogP contribution in [-0.4, -0.2) is 29.9 Å². The summed E-state index contributed by atoms with van der Waals surface area (Å²) in [5.74, 6) is -0.219. The van der Waals surface area contributed by atoms with E-state index >= 15 is 0 Å². The van der Waals surface area contributed by atoms with Gasteiger partial charge in [-0.3, -0.25) is 0 Å². The van der Waals surface area contributed by atoms with Crippen molar-refractivity contribution in [2.45, 2.75) is 129 Å². The predicted octanol–water partition coefficient (Wildman–Crippen LogP) is 2.94. The first-order valence-corrected chi connectivity index (χ1v) is 12.6. The third kappa shape index (κ3) is 26.9. The Morgan fingerprint density at radius 2 is 1.00 bits per heavy atom. The number of rotatable bonds is 20. The van der Waals surface area contributed by atoms with Gasteiger partial charge in [0.2, 0.25) is 0 Å². The molecule has 6 heteroatoms. The van der Waals surface area contributed by atoms with E-state index < -0.39 is 10.1 Å².